The van der Waals surface area contributed by atoms with E-state index >= 15 is 0 Å². The van der Waals surface area contributed by atoms with Crippen molar-refractivity contribution in [2.24, 2.45) is 0 Å². The van der Waals surface area contributed by atoms with Crippen molar-refractivity contribution in [2.45, 2.75) is 11.4 Å². The zero-order valence-corrected chi connectivity index (χ0v) is 14.1. The molecule has 6 nitrogen and oxygen atoms in total. The minimum atomic E-state index is -3.64. The molecule has 0 aliphatic carbocycles. The Hall–Kier alpha value is -1.71. The first-order valence-electron chi connectivity index (χ1n) is 6.42. The van der Waals surface area contributed by atoms with Gasteiger partial charge in [-0.3, -0.25) is 0 Å². The van der Waals surface area contributed by atoms with Crippen molar-refractivity contribution in [3.8, 4) is 0 Å². The number of anilines is 2. The molecule has 0 bridgehead atoms. The van der Waals surface area contributed by atoms with Crippen LogP contribution in [0.5, 0.6) is 0 Å². The van der Waals surface area contributed by atoms with Crippen LogP contribution in [-0.2, 0) is 16.6 Å². The smallest absolute Gasteiger partial charge is 0.240 e. The Labute approximate surface area is 133 Å². The summed E-state index contributed by atoms with van der Waals surface area (Å²) >= 11 is 1.50. The van der Waals surface area contributed by atoms with Crippen LogP contribution in [-0.4, -0.2) is 34.5 Å². The Morgan fingerprint density at radius 2 is 2.09 bits per heavy atom. The molecule has 0 radical (unpaired) electrons. The van der Waals surface area contributed by atoms with Gasteiger partial charge in [-0.25, -0.2) is 22.5 Å². The first-order chi connectivity index (χ1) is 10.3. The Morgan fingerprint density at radius 3 is 2.64 bits per heavy atom. The minimum Gasteiger partial charge on any atom is -0.377 e. The summed E-state index contributed by atoms with van der Waals surface area (Å²) in [5, 5.41) is 5.67. The molecule has 0 saturated carbocycles. The highest BCUT2D eigenvalue weighted by Gasteiger charge is 2.14. The van der Waals surface area contributed by atoms with Crippen LogP contribution in [0.3, 0.4) is 0 Å². The largest absolute Gasteiger partial charge is 0.377 e. The van der Waals surface area contributed by atoms with E-state index < -0.39 is 15.8 Å². The predicted molar refractivity (Wildman–Crippen MR) is 86.4 cm³/mol. The Bertz CT molecular complexity index is 759. The van der Waals surface area contributed by atoms with Gasteiger partial charge in [0.25, 0.3) is 0 Å². The number of hydrogen-bond acceptors (Lipinski definition) is 6. The lowest BCUT2D eigenvalue weighted by Crippen LogP contribution is -2.18. The molecule has 0 aliphatic rings. The van der Waals surface area contributed by atoms with E-state index in [1.165, 1.54) is 30.5 Å². The average Bonchev–Trinajstić information content (AvgIpc) is 2.95. The molecule has 9 heteroatoms. The molecule has 0 atom stereocenters. The zero-order valence-electron chi connectivity index (χ0n) is 12.4. The van der Waals surface area contributed by atoms with E-state index in [0.717, 1.165) is 16.9 Å². The fraction of sp³-hybridized carbons (Fsp3) is 0.308. The summed E-state index contributed by atoms with van der Waals surface area (Å²) in [5.74, 6) is -0.626. The van der Waals surface area contributed by atoms with Crippen molar-refractivity contribution in [2.75, 3.05) is 31.4 Å². The van der Waals surface area contributed by atoms with E-state index in [9.17, 15) is 12.8 Å². The van der Waals surface area contributed by atoms with Crippen molar-refractivity contribution < 1.29 is 12.8 Å². The van der Waals surface area contributed by atoms with E-state index in [2.05, 4.69) is 15.0 Å². The summed E-state index contributed by atoms with van der Waals surface area (Å²) < 4.78 is 39.3. The zero-order chi connectivity index (χ0) is 16.3. The molecule has 0 unspecified atom stereocenters. The van der Waals surface area contributed by atoms with Crippen molar-refractivity contribution in [1.29, 1.82) is 0 Å². The molecule has 1 heterocycles. The molecule has 0 saturated heterocycles. The van der Waals surface area contributed by atoms with Gasteiger partial charge in [-0.05, 0) is 25.2 Å². The molecular formula is C13H17FN4O2S2. The maximum atomic E-state index is 14.0. The fourth-order valence-electron chi connectivity index (χ4n) is 1.69. The molecule has 0 fully saturated rings. The normalized spacial score (nSPS) is 11.5. The molecule has 2 rings (SSSR count). The number of hydrogen-bond donors (Lipinski definition) is 2. The predicted octanol–water partition coefficient (Wildman–Crippen LogP) is 1.87. The lowest BCUT2D eigenvalue weighted by molar-refractivity contribution is 0.584. The van der Waals surface area contributed by atoms with Crippen LogP contribution in [0.15, 0.2) is 28.5 Å². The van der Waals surface area contributed by atoms with Gasteiger partial charge in [-0.15, -0.1) is 11.3 Å². The van der Waals surface area contributed by atoms with Crippen LogP contribution < -0.4 is 14.9 Å². The molecule has 0 amide bonds. The second-order valence-electron chi connectivity index (χ2n) is 4.72. The fourth-order valence-corrected chi connectivity index (χ4v) is 3.19. The maximum Gasteiger partial charge on any atom is 0.240 e. The van der Waals surface area contributed by atoms with Crippen LogP contribution >= 0.6 is 11.3 Å². The van der Waals surface area contributed by atoms with E-state index in [0.29, 0.717) is 6.54 Å². The standard InChI is InChI=1S/C13H17FN4O2S2/c1-15-22(19,20)10-4-5-12(11(14)6-10)16-7-9-8-21-13(17-9)18(2)3/h4-6,8,15-16H,7H2,1-3H3. The van der Waals surface area contributed by atoms with Crippen LogP contribution in [0.1, 0.15) is 5.69 Å². The number of benzene rings is 1. The molecular weight excluding hydrogens is 327 g/mol. The summed E-state index contributed by atoms with van der Waals surface area (Å²) in [6.07, 6.45) is 0. The minimum absolute atomic E-state index is 0.110. The van der Waals surface area contributed by atoms with E-state index in [-0.39, 0.29) is 10.6 Å². The monoisotopic (exact) mass is 344 g/mol. The molecule has 0 spiro atoms. The molecule has 120 valence electrons. The Balaban J connectivity index is 2.10. The molecule has 1 aromatic carbocycles. The lowest BCUT2D eigenvalue weighted by atomic mass is 10.3. The van der Waals surface area contributed by atoms with Gasteiger partial charge >= 0.3 is 0 Å². The van der Waals surface area contributed by atoms with Crippen LogP contribution in [0, 0.1) is 5.82 Å². The van der Waals surface area contributed by atoms with Gasteiger partial charge in [0.05, 0.1) is 22.8 Å². The van der Waals surface area contributed by atoms with Crippen LogP contribution in [0.2, 0.25) is 0 Å². The summed E-state index contributed by atoms with van der Waals surface area (Å²) in [6, 6.07) is 3.74. The molecule has 2 N–H and O–H groups in total. The summed E-state index contributed by atoms with van der Waals surface area (Å²) in [7, 11) is 1.44. The number of nitrogens with zero attached hydrogens (tertiary/aromatic N) is 2. The Morgan fingerprint density at radius 1 is 1.36 bits per heavy atom. The van der Waals surface area contributed by atoms with Crippen LogP contribution in [0.4, 0.5) is 15.2 Å². The number of rotatable bonds is 6. The van der Waals surface area contributed by atoms with Gasteiger partial charge in [0.15, 0.2) is 5.13 Å². The quantitative estimate of drug-likeness (QED) is 0.837. The van der Waals surface area contributed by atoms with Crippen molar-refractivity contribution >= 4 is 32.2 Å². The number of thiazole rings is 1. The highest BCUT2D eigenvalue weighted by molar-refractivity contribution is 7.89. The molecule has 1 aromatic heterocycles. The first-order valence-corrected chi connectivity index (χ1v) is 8.78. The number of sulfonamides is 1. The lowest BCUT2D eigenvalue weighted by Gasteiger charge is -2.09. The third-order valence-electron chi connectivity index (χ3n) is 2.90. The topological polar surface area (TPSA) is 74.3 Å². The third kappa shape index (κ3) is 3.73. The average molecular weight is 344 g/mol. The van der Waals surface area contributed by atoms with Gasteiger partial charge in [0.1, 0.15) is 5.82 Å². The van der Waals surface area contributed by atoms with Crippen molar-refractivity contribution in [3.05, 3.63) is 35.1 Å². The molecule has 2 aromatic rings. The summed E-state index contributed by atoms with van der Waals surface area (Å²) in [5.41, 5.74) is 1.02. The number of nitrogens with one attached hydrogen (secondary N) is 2. The molecule has 0 aliphatic heterocycles. The maximum absolute atomic E-state index is 14.0. The van der Waals surface area contributed by atoms with E-state index in [1.807, 2.05) is 24.4 Å². The second-order valence-corrected chi connectivity index (χ2v) is 7.44. The van der Waals surface area contributed by atoms with Crippen molar-refractivity contribution in [1.82, 2.24) is 9.71 Å². The second kappa shape index (κ2) is 6.59. The number of aromatic nitrogens is 1. The van der Waals surface area contributed by atoms with E-state index in [1.54, 1.807) is 0 Å². The highest BCUT2D eigenvalue weighted by Crippen LogP contribution is 2.21. The Kier molecular flexibility index (Phi) is 4.99. The third-order valence-corrected chi connectivity index (χ3v) is 5.37. The SMILES string of the molecule is CNS(=O)(=O)c1ccc(NCc2csc(N(C)C)n2)c(F)c1. The van der Waals surface area contributed by atoms with Gasteiger partial charge in [-0.2, -0.15) is 0 Å². The van der Waals surface area contributed by atoms with Gasteiger partial charge < -0.3 is 10.2 Å². The van der Waals surface area contributed by atoms with Crippen molar-refractivity contribution in [3.63, 3.8) is 0 Å². The summed E-state index contributed by atoms with van der Waals surface area (Å²) in [6.45, 7) is 0.361. The molecule has 22 heavy (non-hydrogen) atoms. The number of halogens is 1. The summed E-state index contributed by atoms with van der Waals surface area (Å²) in [4.78, 5) is 6.16. The van der Waals surface area contributed by atoms with Gasteiger partial charge in [0.2, 0.25) is 10.0 Å². The van der Waals surface area contributed by atoms with Crippen LogP contribution in [0.25, 0.3) is 0 Å². The highest BCUT2D eigenvalue weighted by atomic mass is 32.2. The van der Waals surface area contributed by atoms with Gasteiger partial charge in [-0.1, -0.05) is 0 Å². The van der Waals surface area contributed by atoms with Gasteiger partial charge in [0, 0.05) is 19.5 Å². The van der Waals surface area contributed by atoms with E-state index in [4.69, 9.17) is 0 Å². The first kappa shape index (κ1) is 16.7.